The molecule has 2 atom stereocenters. The topological polar surface area (TPSA) is 24.9 Å². The molecule has 0 radical (unpaired) electrons. The molecule has 0 fully saturated rings. The van der Waals surface area contributed by atoms with Crippen molar-refractivity contribution in [1.29, 1.82) is 0 Å². The quantitative estimate of drug-likeness (QED) is 0.595. The number of halogens is 1. The minimum absolute atomic E-state index is 0.0376. The maximum atomic E-state index is 6.09. The van der Waals surface area contributed by atoms with Crippen LogP contribution >= 0.6 is 11.6 Å². The van der Waals surface area contributed by atoms with Crippen LogP contribution in [-0.2, 0) is 0 Å². The van der Waals surface area contributed by atoms with Crippen molar-refractivity contribution in [2.24, 2.45) is 5.92 Å². The van der Waals surface area contributed by atoms with Crippen molar-refractivity contribution in [3.8, 4) is 0 Å². The Labute approximate surface area is 141 Å². The zero-order valence-electron chi connectivity index (χ0n) is 13.0. The van der Waals surface area contributed by atoms with Crippen molar-refractivity contribution in [1.82, 2.24) is 4.98 Å². The molecule has 2 aromatic carbocycles. The Kier molecular flexibility index (Phi) is 4.63. The van der Waals surface area contributed by atoms with Crippen molar-refractivity contribution in [2.75, 3.05) is 5.32 Å². The van der Waals surface area contributed by atoms with Crippen molar-refractivity contribution in [2.45, 2.75) is 13.0 Å². The van der Waals surface area contributed by atoms with Gasteiger partial charge in [0.1, 0.15) is 0 Å². The molecule has 0 saturated heterocycles. The van der Waals surface area contributed by atoms with Gasteiger partial charge in [0.15, 0.2) is 0 Å². The van der Waals surface area contributed by atoms with Gasteiger partial charge in [-0.1, -0.05) is 54.9 Å². The number of anilines is 1. The summed E-state index contributed by atoms with van der Waals surface area (Å²) in [6.45, 7) is 6.07. The first-order valence-corrected chi connectivity index (χ1v) is 8.05. The zero-order chi connectivity index (χ0) is 16.2. The van der Waals surface area contributed by atoms with Crippen LogP contribution in [0.2, 0.25) is 5.02 Å². The Hall–Kier alpha value is -2.32. The summed E-state index contributed by atoms with van der Waals surface area (Å²) in [7, 11) is 0. The summed E-state index contributed by atoms with van der Waals surface area (Å²) in [4.78, 5) is 4.82. The van der Waals surface area contributed by atoms with Crippen LogP contribution in [0.15, 0.2) is 73.3 Å². The highest BCUT2D eigenvalue weighted by Gasteiger charge is 2.18. The van der Waals surface area contributed by atoms with Gasteiger partial charge in [0.25, 0.3) is 0 Å². The summed E-state index contributed by atoms with van der Waals surface area (Å²) in [5, 5.41) is 5.39. The van der Waals surface area contributed by atoms with Gasteiger partial charge in [-0.3, -0.25) is 4.98 Å². The van der Waals surface area contributed by atoms with E-state index in [1.807, 2.05) is 48.5 Å². The van der Waals surface area contributed by atoms with Crippen LogP contribution in [-0.4, -0.2) is 4.98 Å². The van der Waals surface area contributed by atoms with Gasteiger partial charge < -0.3 is 5.32 Å². The predicted octanol–water partition coefficient (Wildman–Crippen LogP) is 5.86. The molecule has 0 aliphatic heterocycles. The summed E-state index contributed by atoms with van der Waals surface area (Å²) in [6.07, 6.45) is 1.94. The maximum Gasteiger partial charge on any atom is 0.0745 e. The van der Waals surface area contributed by atoms with E-state index < -0.39 is 0 Å². The fourth-order valence-electron chi connectivity index (χ4n) is 2.62. The first kappa shape index (κ1) is 15.6. The summed E-state index contributed by atoms with van der Waals surface area (Å²) in [5.41, 5.74) is 2.97. The molecule has 3 heteroatoms. The number of benzene rings is 2. The largest absolute Gasteiger partial charge is 0.376 e. The Morgan fingerprint density at radius 1 is 1.09 bits per heavy atom. The number of hydrogen-bond donors (Lipinski definition) is 1. The predicted molar refractivity (Wildman–Crippen MR) is 98.9 cm³/mol. The van der Waals surface area contributed by atoms with E-state index in [4.69, 9.17) is 16.6 Å². The van der Waals surface area contributed by atoms with Gasteiger partial charge >= 0.3 is 0 Å². The first-order chi connectivity index (χ1) is 11.2. The van der Waals surface area contributed by atoms with Crippen LogP contribution in [0.3, 0.4) is 0 Å². The highest BCUT2D eigenvalue weighted by Crippen LogP contribution is 2.28. The van der Waals surface area contributed by atoms with E-state index in [2.05, 4.69) is 37.0 Å². The summed E-state index contributed by atoms with van der Waals surface area (Å²) < 4.78 is 0. The van der Waals surface area contributed by atoms with Crippen LogP contribution in [0.1, 0.15) is 18.7 Å². The Morgan fingerprint density at radius 2 is 1.91 bits per heavy atom. The second kappa shape index (κ2) is 6.84. The van der Waals surface area contributed by atoms with Gasteiger partial charge in [-0.2, -0.15) is 0 Å². The van der Waals surface area contributed by atoms with Crippen LogP contribution in [0.4, 0.5) is 5.69 Å². The number of aromatic nitrogens is 1. The molecule has 0 aliphatic carbocycles. The van der Waals surface area contributed by atoms with E-state index in [0.29, 0.717) is 5.02 Å². The first-order valence-electron chi connectivity index (χ1n) is 7.68. The summed E-state index contributed by atoms with van der Waals surface area (Å²) in [6, 6.07) is 20.1. The molecule has 1 N–H and O–H groups in total. The van der Waals surface area contributed by atoms with Crippen LogP contribution in [0, 0.1) is 5.92 Å². The number of fused-ring (bicyclic) bond motifs is 1. The van der Waals surface area contributed by atoms with Gasteiger partial charge in [0, 0.05) is 16.1 Å². The molecule has 3 rings (SSSR count). The minimum atomic E-state index is 0.0376. The van der Waals surface area contributed by atoms with Crippen molar-refractivity contribution >= 4 is 28.2 Å². The van der Waals surface area contributed by atoms with Gasteiger partial charge in [0.05, 0.1) is 17.3 Å². The van der Waals surface area contributed by atoms with E-state index in [0.717, 1.165) is 22.3 Å². The second-order valence-corrected chi connectivity index (χ2v) is 6.09. The number of nitrogens with one attached hydrogen (secondary N) is 1. The number of pyridine rings is 1. The molecule has 1 aromatic heterocycles. The number of rotatable bonds is 5. The number of para-hydroxylation sites is 1. The average Bonchev–Trinajstić information content (AvgIpc) is 2.58. The fourth-order valence-corrected chi connectivity index (χ4v) is 2.81. The molecule has 0 bridgehead atoms. The van der Waals surface area contributed by atoms with Gasteiger partial charge in [-0.25, -0.2) is 0 Å². The number of hydrogen-bond acceptors (Lipinski definition) is 2. The SMILES string of the molecule is C=CC(C)C(Nc1cccc(Cl)c1)c1ccc2ccccc2n1. The minimum Gasteiger partial charge on any atom is -0.376 e. The molecule has 0 spiro atoms. The molecule has 1 heterocycles. The zero-order valence-corrected chi connectivity index (χ0v) is 13.8. The van der Waals surface area contributed by atoms with E-state index in [-0.39, 0.29) is 12.0 Å². The van der Waals surface area contributed by atoms with Crippen molar-refractivity contribution in [3.05, 3.63) is 84.0 Å². The van der Waals surface area contributed by atoms with Crippen molar-refractivity contribution < 1.29 is 0 Å². The van der Waals surface area contributed by atoms with Gasteiger partial charge in [-0.05, 0) is 36.2 Å². The van der Waals surface area contributed by atoms with E-state index in [1.54, 1.807) is 0 Å². The lowest BCUT2D eigenvalue weighted by atomic mass is 9.97. The van der Waals surface area contributed by atoms with Crippen LogP contribution in [0.5, 0.6) is 0 Å². The highest BCUT2D eigenvalue weighted by atomic mass is 35.5. The lowest BCUT2D eigenvalue weighted by Crippen LogP contribution is -2.18. The molecule has 2 unspecified atom stereocenters. The molecule has 23 heavy (non-hydrogen) atoms. The smallest absolute Gasteiger partial charge is 0.0745 e. The average molecular weight is 323 g/mol. The highest BCUT2D eigenvalue weighted by molar-refractivity contribution is 6.30. The maximum absolute atomic E-state index is 6.09. The molecular formula is C20H19ClN2. The Bertz CT molecular complexity index is 828. The second-order valence-electron chi connectivity index (χ2n) is 5.66. The summed E-state index contributed by atoms with van der Waals surface area (Å²) in [5.74, 6) is 0.225. The van der Waals surface area contributed by atoms with E-state index in [1.165, 1.54) is 0 Å². The van der Waals surface area contributed by atoms with Crippen LogP contribution in [0.25, 0.3) is 10.9 Å². The molecule has 0 aliphatic rings. The van der Waals surface area contributed by atoms with Crippen molar-refractivity contribution in [3.63, 3.8) is 0 Å². The standard InChI is InChI=1S/C20H19ClN2/c1-3-14(2)20(22-17-9-6-8-16(21)13-17)19-12-11-15-7-4-5-10-18(15)23-19/h3-14,20,22H,1H2,2H3. The Morgan fingerprint density at radius 3 is 2.70 bits per heavy atom. The lowest BCUT2D eigenvalue weighted by molar-refractivity contribution is 0.592. The molecular weight excluding hydrogens is 304 g/mol. The number of nitrogens with zero attached hydrogens (tertiary/aromatic N) is 1. The fraction of sp³-hybridized carbons (Fsp3) is 0.150. The molecule has 3 aromatic rings. The molecule has 116 valence electrons. The monoisotopic (exact) mass is 322 g/mol. The lowest BCUT2D eigenvalue weighted by Gasteiger charge is -2.24. The third kappa shape index (κ3) is 3.54. The normalized spacial score (nSPS) is 13.5. The van der Waals surface area contributed by atoms with Crippen LogP contribution < -0.4 is 5.32 Å². The van der Waals surface area contributed by atoms with Gasteiger partial charge in [-0.15, -0.1) is 6.58 Å². The third-order valence-electron chi connectivity index (χ3n) is 3.98. The molecule has 0 saturated carbocycles. The molecule has 2 nitrogen and oxygen atoms in total. The van der Waals surface area contributed by atoms with Gasteiger partial charge in [0.2, 0.25) is 0 Å². The van der Waals surface area contributed by atoms with E-state index >= 15 is 0 Å². The third-order valence-corrected chi connectivity index (χ3v) is 4.22. The summed E-state index contributed by atoms with van der Waals surface area (Å²) >= 11 is 6.09. The van der Waals surface area contributed by atoms with E-state index in [9.17, 15) is 0 Å². The molecule has 0 amide bonds. The Balaban J connectivity index is 1.98.